The molecule has 138 valence electrons. The highest BCUT2D eigenvalue weighted by Gasteiger charge is 2.14. The Morgan fingerprint density at radius 3 is 2.74 bits per heavy atom. The summed E-state index contributed by atoms with van der Waals surface area (Å²) < 4.78 is 6.16. The third-order valence-electron chi connectivity index (χ3n) is 4.24. The van der Waals surface area contributed by atoms with Gasteiger partial charge in [0.15, 0.2) is 10.9 Å². The van der Waals surface area contributed by atoms with E-state index in [2.05, 4.69) is 58.6 Å². The van der Waals surface area contributed by atoms with Crippen LogP contribution < -0.4 is 10.1 Å². The quantitative estimate of drug-likeness (QED) is 0.443. The number of ether oxygens (including phenoxy) is 1. The van der Waals surface area contributed by atoms with Gasteiger partial charge in [0, 0.05) is 17.0 Å². The molecule has 2 heterocycles. The summed E-state index contributed by atoms with van der Waals surface area (Å²) in [5.74, 6) is 2.16. The number of fused-ring (bicyclic) bond motifs is 1. The maximum atomic E-state index is 6.16. The Morgan fingerprint density at radius 2 is 2.00 bits per heavy atom. The standard InChI is InChI=1S/C21H22N4OS/c1-14(2)10-16-11-17-19(24-25-20(17)23-21-22-8-9-27-21)18(12-16)26-13-15-6-4-3-5-7-15/h3-9,11-12,14H,10,13H2,1-2H3,(H2,22,23,24,25). The Labute approximate surface area is 162 Å². The molecule has 0 unspecified atom stereocenters. The fourth-order valence-electron chi connectivity index (χ4n) is 3.07. The molecule has 0 bridgehead atoms. The van der Waals surface area contributed by atoms with Crippen LogP contribution >= 0.6 is 11.3 Å². The van der Waals surface area contributed by atoms with Crippen molar-refractivity contribution in [2.75, 3.05) is 5.32 Å². The van der Waals surface area contributed by atoms with Crippen molar-refractivity contribution in [1.82, 2.24) is 15.2 Å². The predicted octanol–water partition coefficient (Wildman–Crippen LogP) is 5.54. The van der Waals surface area contributed by atoms with Gasteiger partial charge in [0.05, 0.1) is 0 Å². The highest BCUT2D eigenvalue weighted by molar-refractivity contribution is 7.13. The number of aromatic amines is 1. The molecule has 2 aromatic carbocycles. The Hall–Kier alpha value is -2.86. The third kappa shape index (κ3) is 4.11. The first kappa shape index (κ1) is 17.5. The highest BCUT2D eigenvalue weighted by atomic mass is 32.1. The fraction of sp³-hybridized carbons (Fsp3) is 0.238. The van der Waals surface area contributed by atoms with E-state index >= 15 is 0 Å². The van der Waals surface area contributed by atoms with Crippen molar-refractivity contribution in [3.63, 3.8) is 0 Å². The zero-order chi connectivity index (χ0) is 18.6. The molecule has 0 saturated carbocycles. The second-order valence-electron chi connectivity index (χ2n) is 6.92. The van der Waals surface area contributed by atoms with Gasteiger partial charge < -0.3 is 10.1 Å². The molecule has 27 heavy (non-hydrogen) atoms. The third-order valence-corrected chi connectivity index (χ3v) is 4.92. The minimum atomic E-state index is 0.523. The Balaban J connectivity index is 1.68. The average Bonchev–Trinajstić information content (AvgIpc) is 3.31. The van der Waals surface area contributed by atoms with Gasteiger partial charge in [-0.1, -0.05) is 44.2 Å². The Kier molecular flexibility index (Phi) is 5.07. The van der Waals surface area contributed by atoms with Crippen LogP contribution in [-0.2, 0) is 13.0 Å². The highest BCUT2D eigenvalue weighted by Crippen LogP contribution is 2.33. The van der Waals surface area contributed by atoms with Crippen LogP contribution in [-0.4, -0.2) is 15.2 Å². The summed E-state index contributed by atoms with van der Waals surface area (Å²) in [5, 5.41) is 14.7. The number of hydrogen-bond acceptors (Lipinski definition) is 5. The van der Waals surface area contributed by atoms with Crippen molar-refractivity contribution < 1.29 is 4.74 Å². The average molecular weight is 379 g/mol. The van der Waals surface area contributed by atoms with E-state index in [1.165, 1.54) is 5.56 Å². The number of rotatable bonds is 7. The molecule has 0 saturated heterocycles. The normalized spacial score (nSPS) is 11.2. The van der Waals surface area contributed by atoms with Crippen molar-refractivity contribution in [2.45, 2.75) is 26.9 Å². The lowest BCUT2D eigenvalue weighted by Gasteiger charge is -2.11. The molecular weight excluding hydrogens is 356 g/mol. The summed E-state index contributed by atoms with van der Waals surface area (Å²) >= 11 is 1.55. The molecule has 0 aliphatic carbocycles. The van der Waals surface area contributed by atoms with Crippen LogP contribution in [0.3, 0.4) is 0 Å². The molecule has 0 aliphatic rings. The van der Waals surface area contributed by atoms with Crippen molar-refractivity contribution in [2.24, 2.45) is 5.92 Å². The van der Waals surface area contributed by atoms with Gasteiger partial charge in [-0.3, -0.25) is 5.10 Å². The van der Waals surface area contributed by atoms with Gasteiger partial charge in [0.25, 0.3) is 0 Å². The lowest BCUT2D eigenvalue weighted by atomic mass is 10.0. The smallest absolute Gasteiger partial charge is 0.188 e. The molecule has 0 atom stereocenters. The maximum Gasteiger partial charge on any atom is 0.188 e. The van der Waals surface area contributed by atoms with Gasteiger partial charge in [-0.05, 0) is 35.6 Å². The van der Waals surface area contributed by atoms with E-state index in [0.29, 0.717) is 12.5 Å². The molecule has 0 spiro atoms. The van der Waals surface area contributed by atoms with Crippen molar-refractivity contribution >= 4 is 33.2 Å². The largest absolute Gasteiger partial charge is 0.487 e. The number of nitrogens with one attached hydrogen (secondary N) is 2. The van der Waals surface area contributed by atoms with E-state index in [0.717, 1.165) is 39.6 Å². The zero-order valence-corrected chi connectivity index (χ0v) is 16.2. The Bertz CT molecular complexity index is 1010. The minimum Gasteiger partial charge on any atom is -0.487 e. The van der Waals surface area contributed by atoms with Crippen molar-refractivity contribution in [3.8, 4) is 5.75 Å². The van der Waals surface area contributed by atoms with E-state index in [-0.39, 0.29) is 0 Å². The van der Waals surface area contributed by atoms with E-state index in [1.807, 2.05) is 23.6 Å². The van der Waals surface area contributed by atoms with Gasteiger partial charge in [0.2, 0.25) is 0 Å². The summed E-state index contributed by atoms with van der Waals surface area (Å²) in [6.07, 6.45) is 2.76. The monoisotopic (exact) mass is 378 g/mol. The van der Waals surface area contributed by atoms with E-state index in [1.54, 1.807) is 17.5 Å². The van der Waals surface area contributed by atoms with Crippen LogP contribution in [0.1, 0.15) is 25.0 Å². The number of benzene rings is 2. The lowest BCUT2D eigenvalue weighted by Crippen LogP contribution is -1.99. The topological polar surface area (TPSA) is 62.8 Å². The van der Waals surface area contributed by atoms with Gasteiger partial charge in [-0.2, -0.15) is 5.10 Å². The zero-order valence-electron chi connectivity index (χ0n) is 15.4. The molecule has 5 nitrogen and oxygen atoms in total. The molecule has 4 rings (SSSR count). The summed E-state index contributed by atoms with van der Waals surface area (Å²) in [7, 11) is 0. The van der Waals surface area contributed by atoms with Gasteiger partial charge >= 0.3 is 0 Å². The lowest BCUT2D eigenvalue weighted by molar-refractivity contribution is 0.309. The van der Waals surface area contributed by atoms with E-state index in [9.17, 15) is 0 Å². The number of anilines is 2. The molecule has 2 N–H and O–H groups in total. The van der Waals surface area contributed by atoms with Crippen LogP contribution in [0.25, 0.3) is 10.9 Å². The van der Waals surface area contributed by atoms with Crippen LogP contribution in [0.4, 0.5) is 10.9 Å². The fourth-order valence-corrected chi connectivity index (χ4v) is 3.59. The molecule has 0 fully saturated rings. The van der Waals surface area contributed by atoms with E-state index in [4.69, 9.17) is 4.74 Å². The number of thiazole rings is 1. The maximum absolute atomic E-state index is 6.16. The summed E-state index contributed by atoms with van der Waals surface area (Å²) in [6, 6.07) is 14.5. The first-order valence-corrected chi connectivity index (χ1v) is 9.91. The number of hydrogen-bond donors (Lipinski definition) is 2. The van der Waals surface area contributed by atoms with E-state index < -0.39 is 0 Å². The van der Waals surface area contributed by atoms with Gasteiger partial charge in [0.1, 0.15) is 17.9 Å². The molecule has 2 aromatic heterocycles. The first-order valence-electron chi connectivity index (χ1n) is 9.03. The van der Waals surface area contributed by atoms with Gasteiger partial charge in [-0.15, -0.1) is 11.3 Å². The van der Waals surface area contributed by atoms with Crippen molar-refractivity contribution in [3.05, 3.63) is 65.2 Å². The second-order valence-corrected chi connectivity index (χ2v) is 7.82. The molecule has 0 radical (unpaired) electrons. The predicted molar refractivity (Wildman–Crippen MR) is 111 cm³/mol. The number of aromatic nitrogens is 3. The molecule has 4 aromatic rings. The van der Waals surface area contributed by atoms with Crippen LogP contribution in [0.5, 0.6) is 5.75 Å². The first-order chi connectivity index (χ1) is 13.2. The molecule has 0 amide bonds. The van der Waals surface area contributed by atoms with Crippen LogP contribution in [0, 0.1) is 5.92 Å². The molecule has 0 aliphatic heterocycles. The molecular formula is C21H22N4OS. The second kappa shape index (κ2) is 7.80. The summed E-state index contributed by atoms with van der Waals surface area (Å²) in [6.45, 7) is 4.97. The van der Waals surface area contributed by atoms with Crippen molar-refractivity contribution in [1.29, 1.82) is 0 Å². The van der Waals surface area contributed by atoms with Crippen LogP contribution in [0.15, 0.2) is 54.0 Å². The number of H-pyrrole nitrogens is 1. The summed E-state index contributed by atoms with van der Waals surface area (Å²) in [4.78, 5) is 4.29. The molecule has 6 heteroatoms. The minimum absolute atomic E-state index is 0.523. The Morgan fingerprint density at radius 1 is 1.15 bits per heavy atom. The SMILES string of the molecule is CC(C)Cc1cc(OCc2ccccc2)c2[nH]nc(Nc3nccs3)c2c1. The number of nitrogens with zero attached hydrogens (tertiary/aromatic N) is 2. The summed E-state index contributed by atoms with van der Waals surface area (Å²) in [5.41, 5.74) is 3.28. The van der Waals surface area contributed by atoms with Gasteiger partial charge in [-0.25, -0.2) is 4.98 Å². The van der Waals surface area contributed by atoms with Crippen LogP contribution in [0.2, 0.25) is 0 Å².